The van der Waals surface area contributed by atoms with Gasteiger partial charge in [-0.2, -0.15) is 0 Å². The first kappa shape index (κ1) is 22.2. The van der Waals surface area contributed by atoms with E-state index in [4.69, 9.17) is 13.9 Å². The van der Waals surface area contributed by atoms with Gasteiger partial charge in [0.25, 0.3) is 10.0 Å². The second-order valence-electron chi connectivity index (χ2n) is 6.72. The number of rotatable bonds is 9. The highest BCUT2D eigenvalue weighted by atomic mass is 32.2. The second kappa shape index (κ2) is 9.57. The summed E-state index contributed by atoms with van der Waals surface area (Å²) >= 11 is 0. The van der Waals surface area contributed by atoms with E-state index in [2.05, 4.69) is 5.32 Å². The number of anilines is 1. The fourth-order valence-corrected chi connectivity index (χ4v) is 4.34. The maximum absolute atomic E-state index is 13.5. The molecule has 9 heteroatoms. The van der Waals surface area contributed by atoms with Crippen LogP contribution in [0.5, 0.6) is 11.5 Å². The van der Waals surface area contributed by atoms with Crippen molar-refractivity contribution < 1.29 is 27.1 Å². The summed E-state index contributed by atoms with van der Waals surface area (Å²) in [6.07, 6.45) is 1.50. The van der Waals surface area contributed by atoms with Gasteiger partial charge in [-0.1, -0.05) is 17.7 Å². The lowest BCUT2D eigenvalue weighted by Crippen LogP contribution is -2.40. The predicted octanol–water partition coefficient (Wildman–Crippen LogP) is 3.12. The quantitative estimate of drug-likeness (QED) is 0.545. The Bertz CT molecular complexity index is 1130. The van der Waals surface area contributed by atoms with Gasteiger partial charge in [-0.15, -0.1) is 0 Å². The Morgan fingerprint density at radius 2 is 1.81 bits per heavy atom. The summed E-state index contributed by atoms with van der Waals surface area (Å²) in [5.74, 6) is 0.767. The molecule has 1 amide bonds. The SMILES string of the molecule is COc1ccc(OC)c(N(CC(=O)NCc2ccco2)S(=O)(=O)c2ccc(C)cc2)c1. The first-order valence-electron chi connectivity index (χ1n) is 9.45. The van der Waals surface area contributed by atoms with Crippen LogP contribution < -0.4 is 19.1 Å². The van der Waals surface area contributed by atoms with Gasteiger partial charge in [0.05, 0.1) is 37.6 Å². The highest BCUT2D eigenvalue weighted by molar-refractivity contribution is 7.92. The number of ether oxygens (including phenoxy) is 2. The van der Waals surface area contributed by atoms with Crippen LogP contribution in [-0.4, -0.2) is 35.1 Å². The molecular formula is C22H24N2O6S. The van der Waals surface area contributed by atoms with Gasteiger partial charge in [0.15, 0.2) is 0 Å². The average molecular weight is 445 g/mol. The lowest BCUT2D eigenvalue weighted by molar-refractivity contribution is -0.119. The fraction of sp³-hybridized carbons (Fsp3) is 0.227. The minimum absolute atomic E-state index is 0.0572. The number of aryl methyl sites for hydroxylation is 1. The molecule has 0 saturated carbocycles. The van der Waals surface area contributed by atoms with E-state index in [1.807, 2.05) is 6.92 Å². The van der Waals surface area contributed by atoms with E-state index >= 15 is 0 Å². The third-order valence-corrected chi connectivity index (χ3v) is 6.36. The summed E-state index contributed by atoms with van der Waals surface area (Å²) in [5, 5.41) is 2.67. The topological polar surface area (TPSA) is 98.1 Å². The number of amides is 1. The highest BCUT2D eigenvalue weighted by Gasteiger charge is 2.30. The van der Waals surface area contributed by atoms with Crippen molar-refractivity contribution in [3.05, 3.63) is 72.2 Å². The number of hydrogen-bond acceptors (Lipinski definition) is 6. The molecule has 0 aliphatic carbocycles. The summed E-state index contributed by atoms with van der Waals surface area (Å²) in [5.41, 5.74) is 1.11. The molecule has 8 nitrogen and oxygen atoms in total. The van der Waals surface area contributed by atoms with Gasteiger partial charge in [0.1, 0.15) is 23.8 Å². The highest BCUT2D eigenvalue weighted by Crippen LogP contribution is 2.35. The van der Waals surface area contributed by atoms with E-state index in [0.717, 1.165) is 9.87 Å². The van der Waals surface area contributed by atoms with Crippen molar-refractivity contribution in [1.82, 2.24) is 5.32 Å². The molecule has 0 radical (unpaired) electrons. The zero-order valence-corrected chi connectivity index (χ0v) is 18.3. The van der Waals surface area contributed by atoms with Crippen molar-refractivity contribution in [1.29, 1.82) is 0 Å². The van der Waals surface area contributed by atoms with E-state index in [9.17, 15) is 13.2 Å². The van der Waals surface area contributed by atoms with Gasteiger partial charge in [-0.25, -0.2) is 8.42 Å². The Balaban J connectivity index is 1.99. The fourth-order valence-electron chi connectivity index (χ4n) is 2.91. The molecule has 1 heterocycles. The van der Waals surface area contributed by atoms with Crippen LogP contribution in [0.25, 0.3) is 0 Å². The maximum Gasteiger partial charge on any atom is 0.264 e. The van der Waals surface area contributed by atoms with E-state index in [-0.39, 0.29) is 22.9 Å². The van der Waals surface area contributed by atoms with Crippen LogP contribution in [0.4, 0.5) is 5.69 Å². The monoisotopic (exact) mass is 444 g/mol. The Kier molecular flexibility index (Phi) is 6.86. The first-order chi connectivity index (χ1) is 14.8. The summed E-state index contributed by atoms with van der Waals surface area (Å²) in [7, 11) is -1.18. The minimum atomic E-state index is -4.08. The molecule has 164 valence electrons. The van der Waals surface area contributed by atoms with Gasteiger partial charge in [-0.3, -0.25) is 9.10 Å². The minimum Gasteiger partial charge on any atom is -0.497 e. The molecule has 3 rings (SSSR count). The van der Waals surface area contributed by atoms with Crippen molar-refractivity contribution in [3.8, 4) is 11.5 Å². The van der Waals surface area contributed by atoms with Crippen molar-refractivity contribution >= 4 is 21.6 Å². The number of nitrogens with zero attached hydrogens (tertiary/aromatic N) is 1. The third kappa shape index (κ3) is 5.18. The number of carbonyl (C=O) groups excluding carboxylic acids is 1. The zero-order valence-electron chi connectivity index (χ0n) is 17.5. The van der Waals surface area contributed by atoms with Crippen molar-refractivity contribution in [2.75, 3.05) is 25.1 Å². The molecule has 0 fully saturated rings. The molecule has 0 saturated heterocycles. The van der Waals surface area contributed by atoms with Gasteiger partial charge >= 0.3 is 0 Å². The van der Waals surface area contributed by atoms with Crippen LogP contribution in [0, 0.1) is 6.92 Å². The molecule has 0 unspecified atom stereocenters. The second-order valence-corrected chi connectivity index (χ2v) is 8.58. The molecule has 0 spiro atoms. The summed E-state index contributed by atoms with van der Waals surface area (Å²) in [6, 6.07) is 14.6. The molecule has 0 bridgehead atoms. The number of hydrogen-bond donors (Lipinski definition) is 1. The summed E-state index contributed by atoms with van der Waals surface area (Å²) < 4.78 is 43.9. The molecule has 3 aromatic rings. The van der Waals surface area contributed by atoms with Crippen molar-refractivity contribution in [2.45, 2.75) is 18.4 Å². The van der Waals surface area contributed by atoms with Crippen LogP contribution in [-0.2, 0) is 21.4 Å². The molecule has 2 aromatic carbocycles. The van der Waals surface area contributed by atoms with Gasteiger partial charge in [-0.05, 0) is 43.3 Å². The Morgan fingerprint density at radius 3 is 2.42 bits per heavy atom. The van der Waals surface area contributed by atoms with Gasteiger partial charge < -0.3 is 19.2 Å². The zero-order chi connectivity index (χ0) is 22.4. The molecule has 31 heavy (non-hydrogen) atoms. The number of furan rings is 1. The number of sulfonamides is 1. The number of nitrogens with one attached hydrogen (secondary N) is 1. The number of benzene rings is 2. The molecule has 1 N–H and O–H groups in total. The van der Waals surface area contributed by atoms with Crippen LogP contribution in [0.15, 0.2) is 70.2 Å². The average Bonchev–Trinajstić information content (AvgIpc) is 3.29. The standard InChI is InChI=1S/C22H24N2O6S/c1-16-6-9-19(10-7-16)31(26,27)24(15-22(25)23-14-18-5-4-12-30-18)20-13-17(28-2)8-11-21(20)29-3/h4-13H,14-15H2,1-3H3,(H,23,25). The van der Waals surface area contributed by atoms with Crippen molar-refractivity contribution in [3.63, 3.8) is 0 Å². The molecule has 0 atom stereocenters. The lowest BCUT2D eigenvalue weighted by Gasteiger charge is -2.26. The Labute approximate surface area is 181 Å². The molecule has 0 aliphatic rings. The van der Waals surface area contributed by atoms with Crippen LogP contribution in [0.1, 0.15) is 11.3 Å². The smallest absolute Gasteiger partial charge is 0.264 e. The van der Waals surface area contributed by atoms with E-state index in [1.165, 1.54) is 38.7 Å². The summed E-state index contributed by atoms with van der Waals surface area (Å²) in [6.45, 7) is 1.54. The molecular weight excluding hydrogens is 420 g/mol. The predicted molar refractivity (Wildman–Crippen MR) is 116 cm³/mol. The first-order valence-corrected chi connectivity index (χ1v) is 10.9. The lowest BCUT2D eigenvalue weighted by atomic mass is 10.2. The Hall–Kier alpha value is -3.46. The third-order valence-electron chi connectivity index (χ3n) is 4.59. The maximum atomic E-state index is 13.5. The summed E-state index contributed by atoms with van der Waals surface area (Å²) in [4.78, 5) is 12.7. The number of carbonyl (C=O) groups is 1. The Morgan fingerprint density at radius 1 is 1.06 bits per heavy atom. The van der Waals surface area contributed by atoms with Gasteiger partial charge in [0, 0.05) is 6.07 Å². The normalized spacial score (nSPS) is 11.1. The van der Waals surface area contributed by atoms with E-state index in [1.54, 1.807) is 36.4 Å². The van der Waals surface area contributed by atoms with Crippen LogP contribution in [0.3, 0.4) is 0 Å². The number of methoxy groups -OCH3 is 2. The molecule has 0 aliphatic heterocycles. The van der Waals surface area contributed by atoms with Gasteiger partial charge in [0.2, 0.25) is 5.91 Å². The van der Waals surface area contributed by atoms with Crippen molar-refractivity contribution in [2.24, 2.45) is 0 Å². The largest absolute Gasteiger partial charge is 0.497 e. The van der Waals surface area contributed by atoms with E-state index < -0.39 is 22.5 Å². The van der Waals surface area contributed by atoms with Crippen LogP contribution >= 0.6 is 0 Å². The van der Waals surface area contributed by atoms with E-state index in [0.29, 0.717) is 11.5 Å². The van der Waals surface area contributed by atoms with Crippen LogP contribution in [0.2, 0.25) is 0 Å². The molecule has 1 aromatic heterocycles.